The fraction of sp³-hybridized carbons (Fsp3) is 0.933. The summed E-state index contributed by atoms with van der Waals surface area (Å²) in [5.41, 5.74) is 0. The lowest BCUT2D eigenvalue weighted by Crippen LogP contribution is -2.44. The zero-order chi connectivity index (χ0) is 17.2. The zero-order valence-electron chi connectivity index (χ0n) is 14.4. The van der Waals surface area contributed by atoms with Gasteiger partial charge in [-0.15, -0.1) is 0 Å². The number of aliphatic carboxylic acids is 1. The van der Waals surface area contributed by atoms with E-state index in [2.05, 4.69) is 6.92 Å². The van der Waals surface area contributed by atoms with Crippen molar-refractivity contribution in [2.45, 2.75) is 58.0 Å². The van der Waals surface area contributed by atoms with E-state index in [1.165, 1.54) is 6.42 Å². The van der Waals surface area contributed by atoms with Gasteiger partial charge in [-0.25, -0.2) is 0 Å². The van der Waals surface area contributed by atoms with Crippen LogP contribution in [-0.4, -0.2) is 63.5 Å². The molecule has 132 valence electrons. The molecular formula is C15H32NO5S+. The Bertz CT molecular complexity index is 414. The summed E-state index contributed by atoms with van der Waals surface area (Å²) in [5, 5.41) is 8.89. The Balaban J connectivity index is 4.33. The van der Waals surface area contributed by atoms with Crippen LogP contribution >= 0.6 is 0 Å². The van der Waals surface area contributed by atoms with Crippen LogP contribution in [0.5, 0.6) is 0 Å². The molecule has 0 amide bonds. The van der Waals surface area contributed by atoms with Crippen molar-refractivity contribution in [3.8, 4) is 0 Å². The van der Waals surface area contributed by atoms with E-state index in [0.717, 1.165) is 25.7 Å². The summed E-state index contributed by atoms with van der Waals surface area (Å²) in [6.07, 6.45) is 4.80. The lowest BCUT2D eigenvalue weighted by atomic mass is 10.1. The molecule has 0 spiro atoms. The standard InChI is InChI=1S/C15H31NO5S/c1-5-6-7-8-9-10-11-22(19,20)21-14(12-15(17)18)13-16(2,3)4/h14H,5-13H2,1-4H3/p+1/t14-/m1/s1. The van der Waals surface area contributed by atoms with Gasteiger partial charge in [-0.1, -0.05) is 39.0 Å². The number of hydrogen-bond acceptors (Lipinski definition) is 4. The summed E-state index contributed by atoms with van der Waals surface area (Å²) in [7, 11) is 1.96. The number of quaternary nitrogens is 1. The van der Waals surface area contributed by atoms with Crippen LogP contribution in [0.3, 0.4) is 0 Å². The van der Waals surface area contributed by atoms with Crippen molar-refractivity contribution < 1.29 is 27.0 Å². The topological polar surface area (TPSA) is 80.7 Å². The zero-order valence-corrected chi connectivity index (χ0v) is 15.2. The molecule has 0 aromatic carbocycles. The number of carboxylic acid groups (broad SMARTS) is 1. The quantitative estimate of drug-likeness (QED) is 0.316. The third-order valence-corrected chi connectivity index (χ3v) is 4.54. The van der Waals surface area contributed by atoms with Crippen LogP contribution in [0.4, 0.5) is 0 Å². The number of hydrogen-bond donors (Lipinski definition) is 1. The van der Waals surface area contributed by atoms with Crippen LogP contribution in [-0.2, 0) is 19.1 Å². The van der Waals surface area contributed by atoms with E-state index in [-0.39, 0.29) is 12.2 Å². The highest BCUT2D eigenvalue weighted by Gasteiger charge is 2.27. The summed E-state index contributed by atoms with van der Waals surface area (Å²) in [5.74, 6) is -1.08. The molecule has 1 N–H and O–H groups in total. The molecule has 0 aliphatic carbocycles. The van der Waals surface area contributed by atoms with Crippen molar-refractivity contribution >= 4 is 16.1 Å². The van der Waals surface area contributed by atoms with Crippen LogP contribution in [0.2, 0.25) is 0 Å². The molecule has 0 saturated heterocycles. The Kier molecular flexibility index (Phi) is 9.87. The van der Waals surface area contributed by atoms with Crippen molar-refractivity contribution in [3.63, 3.8) is 0 Å². The van der Waals surface area contributed by atoms with Gasteiger partial charge in [0.25, 0.3) is 10.1 Å². The van der Waals surface area contributed by atoms with Gasteiger partial charge < -0.3 is 9.59 Å². The van der Waals surface area contributed by atoms with E-state index >= 15 is 0 Å². The normalized spacial score (nSPS) is 14.0. The van der Waals surface area contributed by atoms with E-state index in [0.29, 0.717) is 17.4 Å². The lowest BCUT2D eigenvalue weighted by molar-refractivity contribution is -0.873. The average Bonchev–Trinajstić information content (AvgIpc) is 2.29. The van der Waals surface area contributed by atoms with Crippen LogP contribution in [0.25, 0.3) is 0 Å². The molecule has 22 heavy (non-hydrogen) atoms. The van der Waals surface area contributed by atoms with E-state index in [4.69, 9.17) is 9.29 Å². The largest absolute Gasteiger partial charge is 0.481 e. The maximum absolute atomic E-state index is 12.0. The van der Waals surface area contributed by atoms with Crippen molar-refractivity contribution in [1.29, 1.82) is 0 Å². The lowest BCUT2D eigenvalue weighted by Gasteiger charge is -2.28. The predicted octanol–water partition coefficient (Wildman–Crippen LogP) is 2.24. The van der Waals surface area contributed by atoms with Crippen molar-refractivity contribution in [2.75, 3.05) is 33.4 Å². The fourth-order valence-electron chi connectivity index (χ4n) is 2.25. The van der Waals surface area contributed by atoms with E-state index in [1.54, 1.807) is 0 Å². The van der Waals surface area contributed by atoms with Gasteiger partial charge in [0.2, 0.25) is 0 Å². The van der Waals surface area contributed by atoms with Gasteiger partial charge in [0.15, 0.2) is 0 Å². The average molecular weight is 338 g/mol. The molecule has 6 nitrogen and oxygen atoms in total. The van der Waals surface area contributed by atoms with Crippen LogP contribution in [0.1, 0.15) is 51.9 Å². The fourth-order valence-corrected chi connectivity index (χ4v) is 3.45. The van der Waals surface area contributed by atoms with Crippen molar-refractivity contribution in [1.82, 2.24) is 0 Å². The Morgan fingerprint density at radius 2 is 1.64 bits per heavy atom. The monoisotopic (exact) mass is 338 g/mol. The smallest absolute Gasteiger partial charge is 0.306 e. The highest BCUT2D eigenvalue weighted by Crippen LogP contribution is 2.12. The Hall–Kier alpha value is -0.660. The summed E-state index contributed by atoms with van der Waals surface area (Å²) in [6, 6.07) is 0. The first kappa shape index (κ1) is 21.3. The number of carbonyl (C=O) groups is 1. The van der Waals surface area contributed by atoms with Gasteiger partial charge in [-0.05, 0) is 6.42 Å². The SMILES string of the molecule is CCCCCCCCS(=O)(=O)O[C@H](CC(=O)O)C[N+](C)(C)C. The molecular weight excluding hydrogens is 306 g/mol. The molecule has 0 bridgehead atoms. The van der Waals surface area contributed by atoms with E-state index < -0.39 is 22.2 Å². The number of likely N-dealkylation sites (N-methyl/N-ethyl adjacent to an activating group) is 1. The molecule has 0 saturated carbocycles. The molecule has 1 atom stereocenters. The highest BCUT2D eigenvalue weighted by atomic mass is 32.2. The highest BCUT2D eigenvalue weighted by molar-refractivity contribution is 7.86. The van der Waals surface area contributed by atoms with Crippen LogP contribution < -0.4 is 0 Å². The maximum Gasteiger partial charge on any atom is 0.306 e. The van der Waals surface area contributed by atoms with E-state index in [9.17, 15) is 13.2 Å². The molecule has 7 heteroatoms. The third-order valence-electron chi connectivity index (χ3n) is 3.18. The third kappa shape index (κ3) is 13.0. The molecule has 0 aliphatic heterocycles. The Morgan fingerprint density at radius 1 is 1.09 bits per heavy atom. The van der Waals surface area contributed by atoms with Gasteiger partial charge in [0, 0.05) is 0 Å². The van der Waals surface area contributed by atoms with Crippen molar-refractivity contribution in [3.05, 3.63) is 0 Å². The Morgan fingerprint density at radius 3 is 2.14 bits per heavy atom. The number of unbranched alkanes of at least 4 members (excludes halogenated alkanes) is 5. The maximum atomic E-state index is 12.0. The minimum atomic E-state index is -3.66. The molecule has 0 aromatic rings. The first-order chi connectivity index (χ1) is 10.1. The minimum Gasteiger partial charge on any atom is -0.481 e. The molecule has 0 aliphatic rings. The first-order valence-electron chi connectivity index (χ1n) is 7.99. The van der Waals surface area contributed by atoms with Crippen LogP contribution in [0.15, 0.2) is 0 Å². The minimum absolute atomic E-state index is 0.0353. The molecule has 0 unspecified atom stereocenters. The number of rotatable bonds is 13. The summed E-state index contributed by atoms with van der Waals surface area (Å²) in [6.45, 7) is 2.47. The second-order valence-electron chi connectivity index (χ2n) is 6.82. The van der Waals surface area contributed by atoms with E-state index in [1.807, 2.05) is 21.1 Å². The van der Waals surface area contributed by atoms with Crippen LogP contribution in [0, 0.1) is 0 Å². The summed E-state index contributed by atoms with van der Waals surface area (Å²) < 4.78 is 29.5. The van der Waals surface area contributed by atoms with Gasteiger partial charge in [-0.3, -0.25) is 8.98 Å². The second-order valence-corrected chi connectivity index (χ2v) is 8.53. The van der Waals surface area contributed by atoms with Gasteiger partial charge >= 0.3 is 5.97 Å². The molecule has 0 rings (SSSR count). The van der Waals surface area contributed by atoms with Gasteiger partial charge in [0.05, 0.1) is 33.3 Å². The molecule has 0 fully saturated rings. The summed E-state index contributed by atoms with van der Waals surface area (Å²) in [4.78, 5) is 10.9. The van der Waals surface area contributed by atoms with Crippen molar-refractivity contribution in [2.24, 2.45) is 0 Å². The molecule has 0 heterocycles. The number of carboxylic acids is 1. The van der Waals surface area contributed by atoms with Gasteiger partial charge in [-0.2, -0.15) is 8.42 Å². The summed E-state index contributed by atoms with van der Waals surface area (Å²) >= 11 is 0. The molecule has 0 aromatic heterocycles. The van der Waals surface area contributed by atoms with Gasteiger partial charge in [0.1, 0.15) is 12.6 Å². The first-order valence-corrected chi connectivity index (χ1v) is 9.56. The predicted molar refractivity (Wildman–Crippen MR) is 87.2 cm³/mol. The number of nitrogens with zero attached hydrogens (tertiary/aromatic N) is 1. The Labute approximate surface area is 135 Å². The molecule has 0 radical (unpaired) electrons. The second kappa shape index (κ2) is 10.2.